The van der Waals surface area contributed by atoms with E-state index in [-0.39, 0.29) is 19.6 Å². The summed E-state index contributed by atoms with van der Waals surface area (Å²) >= 11 is 6.08. The maximum absolute atomic E-state index is 11.4. The van der Waals surface area contributed by atoms with Crippen molar-refractivity contribution in [2.75, 3.05) is 27.3 Å². The molecule has 0 saturated carbocycles. The summed E-state index contributed by atoms with van der Waals surface area (Å²) < 4.78 is 9.18. The third-order valence-electron chi connectivity index (χ3n) is 2.74. The lowest BCUT2D eigenvalue weighted by molar-refractivity contribution is -0.145. The SMILES string of the molecule is COC(=O)CN(CC(=O)OC)Cc1ccc(C#N)cc1Cl. The van der Waals surface area contributed by atoms with Gasteiger partial charge >= 0.3 is 11.9 Å². The van der Waals surface area contributed by atoms with Crippen molar-refractivity contribution in [3.05, 3.63) is 34.3 Å². The first kappa shape index (κ1) is 17.0. The van der Waals surface area contributed by atoms with Gasteiger partial charge in [-0.2, -0.15) is 5.26 Å². The molecule has 0 aliphatic rings. The largest absolute Gasteiger partial charge is 0.468 e. The summed E-state index contributed by atoms with van der Waals surface area (Å²) in [7, 11) is 2.54. The number of nitrogens with zero attached hydrogens (tertiary/aromatic N) is 2. The summed E-state index contributed by atoms with van der Waals surface area (Å²) in [5, 5.41) is 9.19. The Morgan fingerprint density at radius 2 is 1.81 bits per heavy atom. The molecule has 0 radical (unpaired) electrons. The highest BCUT2D eigenvalue weighted by atomic mass is 35.5. The average Bonchev–Trinajstić information content (AvgIpc) is 2.48. The second kappa shape index (κ2) is 8.25. The summed E-state index contributed by atoms with van der Waals surface area (Å²) in [6.45, 7) is 0.124. The van der Waals surface area contributed by atoms with E-state index in [9.17, 15) is 9.59 Å². The minimum absolute atomic E-state index is 0.0675. The van der Waals surface area contributed by atoms with Crippen LogP contribution in [0.25, 0.3) is 0 Å². The molecule has 0 atom stereocenters. The van der Waals surface area contributed by atoms with Crippen LogP contribution in [0, 0.1) is 11.3 Å². The van der Waals surface area contributed by atoms with Crippen LogP contribution in [0.3, 0.4) is 0 Å². The van der Waals surface area contributed by atoms with Gasteiger partial charge in [0, 0.05) is 11.6 Å². The van der Waals surface area contributed by atoms with E-state index in [2.05, 4.69) is 9.47 Å². The van der Waals surface area contributed by atoms with Gasteiger partial charge in [-0.05, 0) is 17.7 Å². The summed E-state index contributed by atoms with van der Waals surface area (Å²) in [4.78, 5) is 24.3. The van der Waals surface area contributed by atoms with Crippen LogP contribution in [-0.4, -0.2) is 44.1 Å². The highest BCUT2D eigenvalue weighted by molar-refractivity contribution is 6.31. The first-order valence-electron chi connectivity index (χ1n) is 6.04. The minimum atomic E-state index is -0.469. The maximum Gasteiger partial charge on any atom is 0.319 e. The Bertz CT molecular complexity index is 551. The number of hydrogen-bond acceptors (Lipinski definition) is 6. The molecule has 1 aromatic carbocycles. The molecule has 0 amide bonds. The van der Waals surface area contributed by atoms with Crippen molar-refractivity contribution >= 4 is 23.5 Å². The van der Waals surface area contributed by atoms with Crippen molar-refractivity contribution < 1.29 is 19.1 Å². The van der Waals surface area contributed by atoms with Crippen LogP contribution in [-0.2, 0) is 25.6 Å². The first-order valence-corrected chi connectivity index (χ1v) is 6.42. The van der Waals surface area contributed by atoms with Crippen molar-refractivity contribution in [2.45, 2.75) is 6.54 Å². The average molecular weight is 311 g/mol. The monoisotopic (exact) mass is 310 g/mol. The Balaban J connectivity index is 2.87. The zero-order valence-corrected chi connectivity index (χ0v) is 12.5. The number of ether oxygens (including phenoxy) is 2. The highest BCUT2D eigenvalue weighted by Gasteiger charge is 2.17. The molecule has 7 heteroatoms. The van der Waals surface area contributed by atoms with E-state index < -0.39 is 11.9 Å². The molecule has 0 N–H and O–H groups in total. The lowest BCUT2D eigenvalue weighted by Crippen LogP contribution is -2.35. The van der Waals surface area contributed by atoms with Gasteiger partial charge in [-0.25, -0.2) is 0 Å². The number of benzene rings is 1. The van der Waals surface area contributed by atoms with Crippen LogP contribution in [0.4, 0.5) is 0 Å². The number of esters is 2. The molecule has 21 heavy (non-hydrogen) atoms. The molecule has 0 bridgehead atoms. The summed E-state index contributed by atoms with van der Waals surface area (Å²) in [5.74, 6) is -0.938. The number of hydrogen-bond donors (Lipinski definition) is 0. The van der Waals surface area contributed by atoms with E-state index in [1.165, 1.54) is 20.3 Å². The van der Waals surface area contributed by atoms with Crippen LogP contribution in [0.2, 0.25) is 5.02 Å². The first-order chi connectivity index (χ1) is 9.99. The Hall–Kier alpha value is -2.10. The third-order valence-corrected chi connectivity index (χ3v) is 3.09. The quantitative estimate of drug-likeness (QED) is 0.738. The number of carbonyl (C=O) groups is 2. The zero-order valence-electron chi connectivity index (χ0n) is 11.8. The van der Waals surface area contributed by atoms with E-state index in [1.54, 1.807) is 17.0 Å². The van der Waals surface area contributed by atoms with Gasteiger partial charge in [0.2, 0.25) is 0 Å². The molecule has 0 saturated heterocycles. The molecular weight excluding hydrogens is 296 g/mol. The molecule has 0 aliphatic heterocycles. The Kier molecular flexibility index (Phi) is 6.66. The Morgan fingerprint density at radius 3 is 2.24 bits per heavy atom. The summed E-state index contributed by atoms with van der Waals surface area (Å²) in [5.41, 5.74) is 1.14. The van der Waals surface area contributed by atoms with Gasteiger partial charge in [0.25, 0.3) is 0 Å². The fourth-order valence-electron chi connectivity index (χ4n) is 1.65. The van der Waals surface area contributed by atoms with Crippen LogP contribution in [0.5, 0.6) is 0 Å². The summed E-state index contributed by atoms with van der Waals surface area (Å²) in [6, 6.07) is 6.82. The molecule has 1 aromatic rings. The fraction of sp³-hybridized carbons (Fsp3) is 0.357. The van der Waals surface area contributed by atoms with Gasteiger partial charge in [-0.15, -0.1) is 0 Å². The van der Waals surface area contributed by atoms with Gasteiger partial charge in [-0.3, -0.25) is 14.5 Å². The molecule has 6 nitrogen and oxygen atoms in total. The fourth-order valence-corrected chi connectivity index (χ4v) is 1.89. The van der Waals surface area contributed by atoms with E-state index in [0.717, 1.165) is 0 Å². The third kappa shape index (κ3) is 5.42. The smallest absolute Gasteiger partial charge is 0.319 e. The molecule has 0 unspecified atom stereocenters. The highest BCUT2D eigenvalue weighted by Crippen LogP contribution is 2.19. The van der Waals surface area contributed by atoms with Crippen molar-refractivity contribution in [3.63, 3.8) is 0 Å². The lowest BCUT2D eigenvalue weighted by Gasteiger charge is -2.20. The van der Waals surface area contributed by atoms with Crippen LogP contribution < -0.4 is 0 Å². The topological polar surface area (TPSA) is 79.6 Å². The van der Waals surface area contributed by atoms with E-state index >= 15 is 0 Å². The minimum Gasteiger partial charge on any atom is -0.468 e. The van der Waals surface area contributed by atoms with Crippen LogP contribution >= 0.6 is 11.6 Å². The number of halogens is 1. The Labute approximate surface area is 127 Å². The van der Waals surface area contributed by atoms with Gasteiger partial charge in [-0.1, -0.05) is 17.7 Å². The number of rotatable bonds is 6. The maximum atomic E-state index is 11.4. The predicted molar refractivity (Wildman–Crippen MR) is 75.5 cm³/mol. The van der Waals surface area contributed by atoms with E-state index in [4.69, 9.17) is 16.9 Å². The van der Waals surface area contributed by atoms with E-state index in [0.29, 0.717) is 16.1 Å². The molecule has 0 aliphatic carbocycles. The molecule has 0 heterocycles. The van der Waals surface area contributed by atoms with Gasteiger partial charge < -0.3 is 9.47 Å². The molecule has 1 rings (SSSR count). The van der Waals surface area contributed by atoms with Crippen molar-refractivity contribution in [3.8, 4) is 6.07 Å². The van der Waals surface area contributed by atoms with Crippen molar-refractivity contribution in [1.82, 2.24) is 4.90 Å². The summed E-state index contributed by atoms with van der Waals surface area (Å²) in [6.07, 6.45) is 0. The standard InChI is InChI=1S/C14H15ClN2O4/c1-20-13(18)8-17(9-14(19)21-2)7-11-4-3-10(6-16)5-12(11)15/h3-5H,7-9H2,1-2H3. The van der Waals surface area contributed by atoms with Crippen molar-refractivity contribution in [1.29, 1.82) is 5.26 Å². The van der Waals surface area contributed by atoms with Gasteiger partial charge in [0.05, 0.1) is 38.9 Å². The lowest BCUT2D eigenvalue weighted by atomic mass is 10.1. The van der Waals surface area contributed by atoms with Crippen molar-refractivity contribution in [2.24, 2.45) is 0 Å². The van der Waals surface area contributed by atoms with Crippen LogP contribution in [0.15, 0.2) is 18.2 Å². The second-order valence-corrected chi connectivity index (χ2v) is 4.62. The molecule has 0 fully saturated rings. The van der Waals surface area contributed by atoms with E-state index in [1.807, 2.05) is 6.07 Å². The second-order valence-electron chi connectivity index (χ2n) is 4.22. The predicted octanol–water partition coefficient (Wildman–Crippen LogP) is 1.36. The number of methoxy groups -OCH3 is 2. The number of nitriles is 1. The molecular formula is C14H15ClN2O4. The Morgan fingerprint density at radius 1 is 1.24 bits per heavy atom. The molecule has 0 spiro atoms. The molecule has 112 valence electrons. The van der Waals surface area contributed by atoms with Gasteiger partial charge in [0.15, 0.2) is 0 Å². The van der Waals surface area contributed by atoms with Crippen LogP contribution in [0.1, 0.15) is 11.1 Å². The zero-order chi connectivity index (χ0) is 15.8. The normalized spacial score (nSPS) is 10.0. The van der Waals surface area contributed by atoms with Gasteiger partial charge in [0.1, 0.15) is 0 Å². The number of carbonyl (C=O) groups excluding carboxylic acids is 2. The molecule has 0 aromatic heterocycles.